The number of benzene rings is 2. The quantitative estimate of drug-likeness (QED) is 0.587. The number of amides is 1. The number of carbonyl (C=O) groups is 2. The highest BCUT2D eigenvalue weighted by Gasteiger charge is 2.16. The molecule has 0 aliphatic heterocycles. The van der Waals surface area contributed by atoms with Gasteiger partial charge < -0.3 is 10.4 Å². The van der Waals surface area contributed by atoms with Gasteiger partial charge in [0.05, 0.1) is 5.56 Å². The molecule has 0 spiro atoms. The maximum Gasteiger partial charge on any atom is 0.352 e. The molecule has 2 aromatic carbocycles. The van der Waals surface area contributed by atoms with E-state index in [1.165, 1.54) is 35.6 Å². The Morgan fingerprint density at radius 3 is 2.44 bits per heavy atom. The van der Waals surface area contributed by atoms with Gasteiger partial charge in [0.15, 0.2) is 0 Å². The van der Waals surface area contributed by atoms with E-state index in [9.17, 15) is 19.1 Å². The lowest BCUT2D eigenvalue weighted by Gasteiger charge is -2.06. The van der Waals surface area contributed by atoms with Crippen molar-refractivity contribution in [3.63, 3.8) is 0 Å². The molecule has 4 nitrogen and oxygen atoms in total. The summed E-state index contributed by atoms with van der Waals surface area (Å²) in [6.07, 6.45) is 1.33. The van der Waals surface area contributed by atoms with Crippen LogP contribution in [0.4, 0.5) is 4.39 Å². The van der Waals surface area contributed by atoms with Crippen LogP contribution in [-0.4, -0.2) is 17.0 Å². The number of carboxylic acid groups (broad SMARTS) is 1. The summed E-state index contributed by atoms with van der Waals surface area (Å²) >= 11 is 7.50. The standard InChI is InChI=1S/C20H13ClFNO3S/c21-15-7-3-1-5-13(15)18-10-9-12(27-18)11-17(20(25)26)23-19(24)14-6-2-4-8-16(14)22/h1-11H,(H,23,24)(H,25,26)/b17-11+. The largest absolute Gasteiger partial charge is 0.477 e. The van der Waals surface area contributed by atoms with Gasteiger partial charge in [0.2, 0.25) is 0 Å². The minimum absolute atomic E-state index is 0.229. The average molecular weight is 402 g/mol. The summed E-state index contributed by atoms with van der Waals surface area (Å²) in [4.78, 5) is 25.1. The van der Waals surface area contributed by atoms with E-state index in [-0.39, 0.29) is 11.3 Å². The molecule has 2 N–H and O–H groups in total. The van der Waals surface area contributed by atoms with Crippen LogP contribution in [0.1, 0.15) is 15.2 Å². The van der Waals surface area contributed by atoms with Crippen molar-refractivity contribution in [3.8, 4) is 10.4 Å². The Labute approximate surface area is 163 Å². The van der Waals surface area contributed by atoms with Gasteiger partial charge in [-0.2, -0.15) is 0 Å². The highest BCUT2D eigenvalue weighted by Crippen LogP contribution is 2.33. The van der Waals surface area contributed by atoms with Crippen molar-refractivity contribution < 1.29 is 19.1 Å². The molecule has 0 radical (unpaired) electrons. The van der Waals surface area contributed by atoms with Gasteiger partial charge >= 0.3 is 5.97 Å². The first kappa shape index (κ1) is 18.8. The normalized spacial score (nSPS) is 11.3. The second kappa shape index (κ2) is 8.16. The third-order valence-corrected chi connectivity index (χ3v) is 5.04. The molecule has 3 aromatic rings. The van der Waals surface area contributed by atoms with Crippen LogP contribution in [0.3, 0.4) is 0 Å². The summed E-state index contributed by atoms with van der Waals surface area (Å²) in [6, 6.07) is 16.2. The minimum atomic E-state index is -1.33. The summed E-state index contributed by atoms with van der Waals surface area (Å²) in [5.41, 5.74) is 0.250. The first-order valence-electron chi connectivity index (χ1n) is 7.81. The second-order valence-corrected chi connectivity index (χ2v) is 7.00. The monoisotopic (exact) mass is 401 g/mol. The maximum atomic E-state index is 13.7. The Balaban J connectivity index is 1.87. The van der Waals surface area contributed by atoms with Crippen molar-refractivity contribution in [2.24, 2.45) is 0 Å². The van der Waals surface area contributed by atoms with Gasteiger partial charge in [-0.1, -0.05) is 41.9 Å². The molecule has 0 bridgehead atoms. The van der Waals surface area contributed by atoms with E-state index in [0.29, 0.717) is 9.90 Å². The molecule has 0 unspecified atom stereocenters. The number of hydrogen-bond acceptors (Lipinski definition) is 3. The van der Waals surface area contributed by atoms with Gasteiger partial charge in [0.1, 0.15) is 11.5 Å². The fourth-order valence-corrected chi connectivity index (χ4v) is 3.65. The Morgan fingerprint density at radius 1 is 1.04 bits per heavy atom. The molecular formula is C20H13ClFNO3S. The van der Waals surface area contributed by atoms with Gasteiger partial charge in [-0.05, 0) is 36.4 Å². The van der Waals surface area contributed by atoms with Crippen molar-refractivity contribution in [3.05, 3.63) is 87.6 Å². The predicted octanol–water partition coefficient (Wildman–Crippen LogP) is 5.06. The zero-order valence-electron chi connectivity index (χ0n) is 13.8. The molecule has 7 heteroatoms. The number of rotatable bonds is 5. The predicted molar refractivity (Wildman–Crippen MR) is 104 cm³/mol. The van der Waals surface area contributed by atoms with E-state index in [1.807, 2.05) is 24.3 Å². The second-order valence-electron chi connectivity index (χ2n) is 5.48. The van der Waals surface area contributed by atoms with Crippen molar-refractivity contribution in [1.29, 1.82) is 0 Å². The summed E-state index contributed by atoms with van der Waals surface area (Å²) in [7, 11) is 0. The van der Waals surface area contributed by atoms with E-state index in [1.54, 1.807) is 12.1 Å². The third-order valence-electron chi connectivity index (χ3n) is 3.65. The number of hydrogen-bond donors (Lipinski definition) is 2. The lowest BCUT2D eigenvalue weighted by molar-refractivity contribution is -0.132. The van der Waals surface area contributed by atoms with Crippen molar-refractivity contribution >= 4 is 40.9 Å². The smallest absolute Gasteiger partial charge is 0.352 e. The summed E-state index contributed by atoms with van der Waals surface area (Å²) in [5, 5.41) is 12.2. The number of nitrogens with one attached hydrogen (secondary N) is 1. The highest BCUT2D eigenvalue weighted by molar-refractivity contribution is 7.16. The van der Waals surface area contributed by atoms with E-state index in [2.05, 4.69) is 5.32 Å². The van der Waals surface area contributed by atoms with Crippen molar-refractivity contribution in [2.45, 2.75) is 0 Å². The minimum Gasteiger partial charge on any atom is -0.477 e. The van der Waals surface area contributed by atoms with Crippen LogP contribution in [0.25, 0.3) is 16.5 Å². The first-order chi connectivity index (χ1) is 13.0. The lowest BCUT2D eigenvalue weighted by atomic mass is 10.2. The Morgan fingerprint density at radius 2 is 1.74 bits per heavy atom. The number of aliphatic carboxylic acids is 1. The number of carboxylic acids is 1. The highest BCUT2D eigenvalue weighted by atomic mass is 35.5. The van der Waals surface area contributed by atoms with E-state index < -0.39 is 17.7 Å². The Kier molecular flexibility index (Phi) is 5.69. The average Bonchev–Trinajstić information content (AvgIpc) is 3.10. The zero-order valence-corrected chi connectivity index (χ0v) is 15.4. The number of thiophene rings is 1. The van der Waals surface area contributed by atoms with Crippen LogP contribution >= 0.6 is 22.9 Å². The third kappa shape index (κ3) is 4.42. The molecule has 0 atom stereocenters. The molecule has 1 aromatic heterocycles. The van der Waals surface area contributed by atoms with Gasteiger partial charge in [-0.15, -0.1) is 11.3 Å². The molecule has 27 heavy (non-hydrogen) atoms. The first-order valence-corrected chi connectivity index (χ1v) is 9.01. The lowest BCUT2D eigenvalue weighted by Crippen LogP contribution is -2.27. The Hall–Kier alpha value is -2.96. The molecule has 0 aliphatic rings. The molecule has 1 heterocycles. The maximum absolute atomic E-state index is 13.7. The van der Waals surface area contributed by atoms with Crippen LogP contribution in [0, 0.1) is 5.82 Å². The fourth-order valence-electron chi connectivity index (χ4n) is 2.36. The molecular weight excluding hydrogens is 389 g/mol. The van der Waals surface area contributed by atoms with Gasteiger partial charge in [0.25, 0.3) is 5.91 Å². The van der Waals surface area contributed by atoms with Crippen molar-refractivity contribution in [1.82, 2.24) is 5.32 Å². The molecule has 136 valence electrons. The molecule has 3 rings (SSSR count). The molecule has 1 amide bonds. The fraction of sp³-hybridized carbons (Fsp3) is 0. The van der Waals surface area contributed by atoms with Crippen LogP contribution < -0.4 is 5.32 Å². The van der Waals surface area contributed by atoms with E-state index in [0.717, 1.165) is 16.5 Å². The number of carbonyl (C=O) groups excluding carboxylic acids is 1. The van der Waals surface area contributed by atoms with Gasteiger partial charge in [0, 0.05) is 20.3 Å². The molecule has 0 aliphatic carbocycles. The summed E-state index contributed by atoms with van der Waals surface area (Å²) in [5.74, 6) is -2.88. The SMILES string of the molecule is O=C(O)/C(=C\c1ccc(-c2ccccc2Cl)s1)NC(=O)c1ccccc1F. The zero-order chi connectivity index (χ0) is 19.4. The summed E-state index contributed by atoms with van der Waals surface area (Å²) < 4.78 is 13.7. The van der Waals surface area contributed by atoms with Gasteiger partial charge in [-0.3, -0.25) is 4.79 Å². The molecule has 0 fully saturated rings. The number of halogens is 2. The van der Waals surface area contributed by atoms with Crippen LogP contribution in [-0.2, 0) is 4.79 Å². The van der Waals surface area contributed by atoms with Gasteiger partial charge in [-0.25, -0.2) is 9.18 Å². The van der Waals surface area contributed by atoms with E-state index >= 15 is 0 Å². The van der Waals surface area contributed by atoms with Crippen LogP contribution in [0.15, 0.2) is 66.4 Å². The van der Waals surface area contributed by atoms with Crippen LogP contribution in [0.5, 0.6) is 0 Å². The van der Waals surface area contributed by atoms with Crippen molar-refractivity contribution in [2.75, 3.05) is 0 Å². The Bertz CT molecular complexity index is 1040. The molecule has 0 saturated carbocycles. The van der Waals surface area contributed by atoms with Crippen LogP contribution in [0.2, 0.25) is 5.02 Å². The topological polar surface area (TPSA) is 66.4 Å². The summed E-state index contributed by atoms with van der Waals surface area (Å²) in [6.45, 7) is 0. The molecule has 0 saturated heterocycles. The van der Waals surface area contributed by atoms with E-state index in [4.69, 9.17) is 11.6 Å².